The van der Waals surface area contributed by atoms with Crippen LogP contribution in [0.15, 0.2) is 48.8 Å². The summed E-state index contributed by atoms with van der Waals surface area (Å²) in [5, 5.41) is 2.74. The van der Waals surface area contributed by atoms with Crippen LogP contribution in [-0.2, 0) is 21.4 Å². The van der Waals surface area contributed by atoms with Crippen molar-refractivity contribution in [2.24, 2.45) is 0 Å². The monoisotopic (exact) mass is 363 g/mol. The molecule has 25 heavy (non-hydrogen) atoms. The van der Waals surface area contributed by atoms with Crippen molar-refractivity contribution in [3.8, 4) is 5.75 Å². The predicted molar refractivity (Wildman–Crippen MR) is 95.7 cm³/mol. The molecule has 8 heteroatoms. The van der Waals surface area contributed by atoms with E-state index in [1.54, 1.807) is 55.9 Å². The van der Waals surface area contributed by atoms with Crippen LogP contribution in [0.1, 0.15) is 12.0 Å². The highest BCUT2D eigenvalue weighted by molar-refractivity contribution is 7.88. The first-order chi connectivity index (χ1) is 11.9. The molecule has 2 aromatic rings. The van der Waals surface area contributed by atoms with Crippen molar-refractivity contribution in [2.45, 2.75) is 13.0 Å². The van der Waals surface area contributed by atoms with Crippen LogP contribution >= 0.6 is 0 Å². The highest BCUT2D eigenvalue weighted by atomic mass is 32.2. The molecule has 0 bridgehead atoms. The second-order valence-corrected chi connectivity index (χ2v) is 7.47. The van der Waals surface area contributed by atoms with Crippen LogP contribution < -0.4 is 10.1 Å². The summed E-state index contributed by atoms with van der Waals surface area (Å²) in [6.45, 7) is 0.276. The van der Waals surface area contributed by atoms with Gasteiger partial charge in [-0.1, -0.05) is 6.07 Å². The topological polar surface area (TPSA) is 88.6 Å². The first-order valence-corrected chi connectivity index (χ1v) is 9.51. The molecule has 0 atom stereocenters. The number of pyridine rings is 1. The van der Waals surface area contributed by atoms with E-state index in [9.17, 15) is 13.2 Å². The van der Waals surface area contributed by atoms with Crippen LogP contribution in [0.25, 0.3) is 0 Å². The zero-order chi connectivity index (χ0) is 18.3. The number of anilines is 1. The van der Waals surface area contributed by atoms with E-state index in [-0.39, 0.29) is 25.4 Å². The Morgan fingerprint density at radius 2 is 1.96 bits per heavy atom. The first kappa shape index (κ1) is 18.9. The van der Waals surface area contributed by atoms with Gasteiger partial charge in [0, 0.05) is 37.6 Å². The lowest BCUT2D eigenvalue weighted by atomic mass is 10.2. The molecule has 0 fully saturated rings. The maximum Gasteiger partial charge on any atom is 0.225 e. The molecule has 0 saturated heterocycles. The number of benzene rings is 1. The molecule has 0 unspecified atom stereocenters. The Morgan fingerprint density at radius 3 is 2.52 bits per heavy atom. The van der Waals surface area contributed by atoms with Crippen molar-refractivity contribution in [1.29, 1.82) is 0 Å². The lowest BCUT2D eigenvalue weighted by molar-refractivity contribution is -0.116. The summed E-state index contributed by atoms with van der Waals surface area (Å²) in [5.74, 6) is 0.433. The molecule has 1 aromatic carbocycles. The maximum atomic E-state index is 12.1. The number of hydrogen-bond acceptors (Lipinski definition) is 5. The number of amides is 1. The van der Waals surface area contributed by atoms with E-state index >= 15 is 0 Å². The molecular weight excluding hydrogens is 342 g/mol. The van der Waals surface area contributed by atoms with Crippen molar-refractivity contribution in [3.05, 3.63) is 54.4 Å². The van der Waals surface area contributed by atoms with Gasteiger partial charge in [0.2, 0.25) is 15.9 Å². The average molecular weight is 363 g/mol. The Labute approximate surface area is 147 Å². The SMILES string of the molecule is COc1ccc(NC(=O)CCN(Cc2cccnc2)S(C)(=O)=O)cc1. The van der Waals surface area contributed by atoms with Crippen LogP contribution in [0.5, 0.6) is 5.75 Å². The molecule has 7 nitrogen and oxygen atoms in total. The zero-order valence-corrected chi connectivity index (χ0v) is 15.0. The molecule has 0 aliphatic carbocycles. The van der Waals surface area contributed by atoms with Gasteiger partial charge in [0.15, 0.2) is 0 Å². The summed E-state index contributed by atoms with van der Waals surface area (Å²) >= 11 is 0. The smallest absolute Gasteiger partial charge is 0.225 e. The lowest BCUT2D eigenvalue weighted by Crippen LogP contribution is -2.32. The van der Waals surface area contributed by atoms with Crippen molar-refractivity contribution in [1.82, 2.24) is 9.29 Å². The minimum absolute atomic E-state index is 0.0549. The average Bonchev–Trinajstić information content (AvgIpc) is 2.59. The molecule has 0 aliphatic heterocycles. The molecule has 1 heterocycles. The van der Waals surface area contributed by atoms with Crippen molar-refractivity contribution in [2.75, 3.05) is 25.2 Å². The van der Waals surface area contributed by atoms with Gasteiger partial charge in [-0.25, -0.2) is 8.42 Å². The van der Waals surface area contributed by atoms with Crippen LogP contribution in [0.3, 0.4) is 0 Å². The van der Waals surface area contributed by atoms with Gasteiger partial charge in [-0.15, -0.1) is 0 Å². The van der Waals surface area contributed by atoms with Gasteiger partial charge in [-0.05, 0) is 35.9 Å². The van der Waals surface area contributed by atoms with Gasteiger partial charge in [0.25, 0.3) is 0 Å². The maximum absolute atomic E-state index is 12.1. The summed E-state index contributed by atoms with van der Waals surface area (Å²) in [4.78, 5) is 16.0. The minimum atomic E-state index is -3.43. The van der Waals surface area contributed by atoms with Gasteiger partial charge < -0.3 is 10.1 Å². The molecule has 1 aromatic heterocycles. The minimum Gasteiger partial charge on any atom is -0.497 e. The Morgan fingerprint density at radius 1 is 1.24 bits per heavy atom. The van der Waals surface area contributed by atoms with Crippen molar-refractivity contribution < 1.29 is 17.9 Å². The van der Waals surface area contributed by atoms with Gasteiger partial charge in [-0.2, -0.15) is 4.31 Å². The highest BCUT2D eigenvalue weighted by Crippen LogP contribution is 2.15. The van der Waals surface area contributed by atoms with E-state index in [1.165, 1.54) is 4.31 Å². The fourth-order valence-electron chi connectivity index (χ4n) is 2.18. The molecule has 0 radical (unpaired) electrons. The number of carbonyl (C=O) groups is 1. The first-order valence-electron chi connectivity index (χ1n) is 7.66. The molecule has 0 aliphatic rings. The quantitative estimate of drug-likeness (QED) is 0.774. The fourth-order valence-corrected chi connectivity index (χ4v) is 2.99. The Hall–Kier alpha value is -2.45. The largest absolute Gasteiger partial charge is 0.497 e. The van der Waals surface area contributed by atoms with Gasteiger partial charge in [0.05, 0.1) is 13.4 Å². The van der Waals surface area contributed by atoms with Crippen molar-refractivity contribution in [3.63, 3.8) is 0 Å². The van der Waals surface area contributed by atoms with Crippen LogP contribution in [0.4, 0.5) is 5.69 Å². The Balaban J connectivity index is 1.93. The normalized spacial score (nSPS) is 11.3. The van der Waals surface area contributed by atoms with Gasteiger partial charge >= 0.3 is 0 Å². The number of sulfonamides is 1. The van der Waals surface area contributed by atoms with E-state index in [2.05, 4.69) is 10.3 Å². The number of carbonyl (C=O) groups excluding carboxylic acids is 1. The summed E-state index contributed by atoms with van der Waals surface area (Å²) in [6, 6.07) is 10.5. The number of hydrogen-bond donors (Lipinski definition) is 1. The summed E-state index contributed by atoms with van der Waals surface area (Å²) < 4.78 is 30.2. The summed E-state index contributed by atoms with van der Waals surface area (Å²) in [5.41, 5.74) is 1.40. The Bertz CT molecular complexity index is 792. The molecule has 0 spiro atoms. The number of methoxy groups -OCH3 is 1. The fraction of sp³-hybridized carbons (Fsp3) is 0.294. The molecule has 1 N–H and O–H groups in total. The number of rotatable bonds is 8. The number of ether oxygens (including phenoxy) is 1. The van der Waals surface area contributed by atoms with E-state index in [0.29, 0.717) is 11.4 Å². The van der Waals surface area contributed by atoms with Gasteiger partial charge in [-0.3, -0.25) is 9.78 Å². The van der Waals surface area contributed by atoms with E-state index in [1.807, 2.05) is 0 Å². The Kier molecular flexibility index (Phi) is 6.49. The summed E-state index contributed by atoms with van der Waals surface area (Å²) in [7, 11) is -1.87. The second kappa shape index (κ2) is 8.59. The highest BCUT2D eigenvalue weighted by Gasteiger charge is 2.18. The van der Waals surface area contributed by atoms with Crippen molar-refractivity contribution >= 4 is 21.6 Å². The summed E-state index contributed by atoms with van der Waals surface area (Å²) in [6.07, 6.45) is 4.41. The third-order valence-electron chi connectivity index (χ3n) is 3.51. The molecule has 0 saturated carbocycles. The van der Waals surface area contributed by atoms with E-state index in [0.717, 1.165) is 11.8 Å². The molecule has 2 rings (SSSR count). The van der Waals surface area contributed by atoms with E-state index < -0.39 is 10.0 Å². The third kappa shape index (κ3) is 6.17. The number of nitrogens with one attached hydrogen (secondary N) is 1. The predicted octanol–water partition coefficient (Wildman–Crippen LogP) is 1.88. The molecule has 134 valence electrons. The molecular formula is C17H21N3O4S. The second-order valence-electron chi connectivity index (χ2n) is 5.48. The van der Waals surface area contributed by atoms with Gasteiger partial charge in [0.1, 0.15) is 5.75 Å². The number of nitrogens with zero attached hydrogens (tertiary/aromatic N) is 2. The standard InChI is InChI=1S/C17H21N3O4S/c1-24-16-7-5-15(6-8-16)19-17(21)9-11-20(25(2,22)23)13-14-4-3-10-18-12-14/h3-8,10,12H,9,11,13H2,1-2H3,(H,19,21). The van der Waals surface area contributed by atoms with E-state index in [4.69, 9.17) is 4.74 Å². The van der Waals surface area contributed by atoms with Crippen LogP contribution in [0.2, 0.25) is 0 Å². The van der Waals surface area contributed by atoms with Crippen LogP contribution in [-0.4, -0.2) is 43.5 Å². The zero-order valence-electron chi connectivity index (χ0n) is 14.2. The third-order valence-corrected chi connectivity index (χ3v) is 4.76. The molecule has 1 amide bonds. The number of aromatic nitrogens is 1. The lowest BCUT2D eigenvalue weighted by Gasteiger charge is -2.19. The van der Waals surface area contributed by atoms with Crippen LogP contribution in [0, 0.1) is 0 Å².